The molecule has 0 aliphatic carbocycles. The molecule has 1 saturated heterocycles. The van der Waals surface area contributed by atoms with Gasteiger partial charge in [0.25, 0.3) is 5.69 Å². The molecule has 1 heterocycles. The van der Waals surface area contributed by atoms with Crippen molar-refractivity contribution in [2.75, 3.05) is 13.1 Å². The Morgan fingerprint density at radius 1 is 1.07 bits per heavy atom. The molecule has 0 saturated carbocycles. The van der Waals surface area contributed by atoms with Gasteiger partial charge in [0.15, 0.2) is 0 Å². The molecule has 3 rings (SSSR count). The standard InChI is InChI=1S/C19H21N3O5S/c23-19(14-15-4-2-1-3-5-15)21-12-10-16(11-13-21)20-28(26,27)18-8-6-17(7-9-18)22(24)25/h1-9,16,20H,10-14H2. The first kappa shape index (κ1) is 20.0. The summed E-state index contributed by atoms with van der Waals surface area (Å²) < 4.78 is 27.6. The Balaban J connectivity index is 1.54. The average molecular weight is 403 g/mol. The zero-order chi connectivity index (χ0) is 20.1. The molecular formula is C19H21N3O5S. The maximum atomic E-state index is 12.5. The first-order chi connectivity index (χ1) is 13.3. The molecule has 1 aliphatic rings. The van der Waals surface area contributed by atoms with E-state index in [1.165, 1.54) is 24.3 Å². The molecule has 1 aliphatic heterocycles. The van der Waals surface area contributed by atoms with Gasteiger partial charge in [0, 0.05) is 31.3 Å². The van der Waals surface area contributed by atoms with Crippen LogP contribution in [0.4, 0.5) is 5.69 Å². The maximum absolute atomic E-state index is 12.5. The highest BCUT2D eigenvalue weighted by Crippen LogP contribution is 2.18. The van der Waals surface area contributed by atoms with E-state index in [1.807, 2.05) is 30.3 Å². The quantitative estimate of drug-likeness (QED) is 0.587. The number of nitro benzene ring substituents is 1. The molecule has 1 amide bonds. The number of piperidine rings is 1. The number of nitro groups is 1. The van der Waals surface area contributed by atoms with Gasteiger partial charge in [-0.3, -0.25) is 14.9 Å². The molecular weight excluding hydrogens is 382 g/mol. The molecule has 2 aromatic rings. The zero-order valence-electron chi connectivity index (χ0n) is 15.2. The Labute approximate surface area is 163 Å². The molecule has 0 bridgehead atoms. The summed E-state index contributed by atoms with van der Waals surface area (Å²) in [5.74, 6) is 0.0304. The van der Waals surface area contributed by atoms with Crippen molar-refractivity contribution >= 4 is 21.6 Å². The third kappa shape index (κ3) is 4.93. The third-order valence-electron chi connectivity index (χ3n) is 4.73. The lowest BCUT2D eigenvalue weighted by Crippen LogP contribution is -2.46. The van der Waals surface area contributed by atoms with Gasteiger partial charge < -0.3 is 4.90 Å². The van der Waals surface area contributed by atoms with E-state index in [0.717, 1.165) is 5.56 Å². The Morgan fingerprint density at radius 2 is 1.68 bits per heavy atom. The van der Waals surface area contributed by atoms with Gasteiger partial charge in [-0.25, -0.2) is 13.1 Å². The van der Waals surface area contributed by atoms with Crippen LogP contribution in [0.5, 0.6) is 0 Å². The highest BCUT2D eigenvalue weighted by molar-refractivity contribution is 7.89. The van der Waals surface area contributed by atoms with Crippen LogP contribution in [-0.2, 0) is 21.2 Å². The van der Waals surface area contributed by atoms with Gasteiger partial charge in [-0.1, -0.05) is 30.3 Å². The van der Waals surface area contributed by atoms with Crippen LogP contribution in [0.2, 0.25) is 0 Å². The van der Waals surface area contributed by atoms with Gasteiger partial charge in [0.1, 0.15) is 0 Å². The molecule has 9 heteroatoms. The number of rotatable bonds is 6. The van der Waals surface area contributed by atoms with Gasteiger partial charge in [-0.2, -0.15) is 0 Å². The lowest BCUT2D eigenvalue weighted by Gasteiger charge is -2.32. The highest BCUT2D eigenvalue weighted by atomic mass is 32.2. The van der Waals surface area contributed by atoms with Gasteiger partial charge in [0.2, 0.25) is 15.9 Å². The van der Waals surface area contributed by atoms with Crippen molar-refractivity contribution in [2.45, 2.75) is 30.2 Å². The lowest BCUT2D eigenvalue weighted by atomic mass is 10.0. The molecule has 0 spiro atoms. The van der Waals surface area contributed by atoms with Crippen LogP contribution in [0, 0.1) is 10.1 Å². The Hall–Kier alpha value is -2.78. The minimum Gasteiger partial charge on any atom is -0.342 e. The largest absolute Gasteiger partial charge is 0.342 e. The van der Waals surface area contributed by atoms with E-state index in [0.29, 0.717) is 32.4 Å². The van der Waals surface area contributed by atoms with E-state index in [9.17, 15) is 23.3 Å². The predicted octanol–water partition coefficient (Wildman–Crippen LogP) is 2.11. The number of nitrogens with zero attached hydrogens (tertiary/aromatic N) is 2. The molecule has 0 aromatic heterocycles. The summed E-state index contributed by atoms with van der Waals surface area (Å²) in [7, 11) is -3.76. The van der Waals surface area contributed by atoms with E-state index in [-0.39, 0.29) is 22.5 Å². The Morgan fingerprint density at radius 3 is 2.25 bits per heavy atom. The van der Waals surface area contributed by atoms with E-state index in [4.69, 9.17) is 0 Å². The molecule has 0 radical (unpaired) electrons. The predicted molar refractivity (Wildman–Crippen MR) is 103 cm³/mol. The molecule has 8 nitrogen and oxygen atoms in total. The number of hydrogen-bond acceptors (Lipinski definition) is 5. The topological polar surface area (TPSA) is 110 Å². The van der Waals surface area contributed by atoms with Crippen LogP contribution in [0.3, 0.4) is 0 Å². The number of sulfonamides is 1. The molecule has 0 atom stereocenters. The minimum atomic E-state index is -3.76. The van der Waals surface area contributed by atoms with Crippen molar-refractivity contribution < 1.29 is 18.1 Å². The molecule has 2 aromatic carbocycles. The first-order valence-electron chi connectivity index (χ1n) is 8.93. The van der Waals surface area contributed by atoms with E-state index in [2.05, 4.69) is 4.72 Å². The zero-order valence-corrected chi connectivity index (χ0v) is 16.0. The van der Waals surface area contributed by atoms with Crippen LogP contribution in [-0.4, -0.2) is 43.3 Å². The average Bonchev–Trinajstić information content (AvgIpc) is 2.69. The van der Waals surface area contributed by atoms with Crippen LogP contribution in [0.15, 0.2) is 59.5 Å². The second-order valence-corrected chi connectivity index (χ2v) is 8.40. The number of nitrogens with one attached hydrogen (secondary N) is 1. The van der Waals surface area contributed by atoms with Crippen molar-refractivity contribution in [2.24, 2.45) is 0 Å². The second kappa shape index (κ2) is 8.49. The van der Waals surface area contributed by atoms with Crippen molar-refractivity contribution in [3.05, 3.63) is 70.3 Å². The summed E-state index contributed by atoms with van der Waals surface area (Å²) >= 11 is 0. The van der Waals surface area contributed by atoms with Crippen molar-refractivity contribution in [3.63, 3.8) is 0 Å². The number of benzene rings is 2. The third-order valence-corrected chi connectivity index (χ3v) is 6.26. The van der Waals surface area contributed by atoms with E-state index < -0.39 is 14.9 Å². The van der Waals surface area contributed by atoms with Crippen molar-refractivity contribution in [1.29, 1.82) is 0 Å². The Kier molecular flexibility index (Phi) is 6.05. The normalized spacial score (nSPS) is 15.4. The summed E-state index contributed by atoms with van der Waals surface area (Å²) in [4.78, 5) is 24.3. The molecule has 0 unspecified atom stereocenters. The van der Waals surface area contributed by atoms with Crippen LogP contribution < -0.4 is 4.72 Å². The first-order valence-corrected chi connectivity index (χ1v) is 10.4. The summed E-state index contributed by atoms with van der Waals surface area (Å²) in [6.45, 7) is 0.970. The molecule has 1 N–H and O–H groups in total. The molecule has 28 heavy (non-hydrogen) atoms. The fourth-order valence-corrected chi connectivity index (χ4v) is 4.47. The summed E-state index contributed by atoms with van der Waals surface area (Å²) in [5, 5.41) is 10.7. The van der Waals surface area contributed by atoms with Gasteiger partial charge in [-0.05, 0) is 30.5 Å². The van der Waals surface area contributed by atoms with Crippen LogP contribution in [0.25, 0.3) is 0 Å². The molecule has 148 valence electrons. The highest BCUT2D eigenvalue weighted by Gasteiger charge is 2.27. The number of amides is 1. The lowest BCUT2D eigenvalue weighted by molar-refractivity contribution is -0.384. The van der Waals surface area contributed by atoms with E-state index in [1.54, 1.807) is 4.90 Å². The smallest absolute Gasteiger partial charge is 0.269 e. The summed E-state index contributed by atoms with van der Waals surface area (Å²) in [6, 6.07) is 14.0. The van der Waals surface area contributed by atoms with Crippen molar-refractivity contribution in [3.8, 4) is 0 Å². The van der Waals surface area contributed by atoms with Gasteiger partial charge >= 0.3 is 0 Å². The number of likely N-dealkylation sites (tertiary alicyclic amines) is 1. The SMILES string of the molecule is O=C(Cc1ccccc1)N1CCC(NS(=O)(=O)c2ccc([N+](=O)[O-])cc2)CC1. The second-order valence-electron chi connectivity index (χ2n) is 6.69. The summed E-state index contributed by atoms with van der Waals surface area (Å²) in [6.07, 6.45) is 1.37. The Bertz CT molecular complexity index is 937. The van der Waals surface area contributed by atoms with Crippen molar-refractivity contribution in [1.82, 2.24) is 9.62 Å². The fourth-order valence-electron chi connectivity index (χ4n) is 3.16. The van der Waals surface area contributed by atoms with Crippen LogP contribution in [0.1, 0.15) is 18.4 Å². The van der Waals surface area contributed by atoms with Crippen LogP contribution >= 0.6 is 0 Å². The maximum Gasteiger partial charge on any atom is 0.269 e. The molecule has 1 fully saturated rings. The fraction of sp³-hybridized carbons (Fsp3) is 0.316. The number of hydrogen-bond donors (Lipinski definition) is 1. The van der Waals surface area contributed by atoms with Gasteiger partial charge in [0.05, 0.1) is 16.2 Å². The number of carbonyl (C=O) groups is 1. The number of carbonyl (C=O) groups excluding carboxylic acids is 1. The van der Waals surface area contributed by atoms with Gasteiger partial charge in [-0.15, -0.1) is 0 Å². The monoisotopic (exact) mass is 403 g/mol. The summed E-state index contributed by atoms with van der Waals surface area (Å²) in [5.41, 5.74) is 0.790. The number of non-ortho nitro benzene ring substituents is 1. The minimum absolute atomic E-state index is 0.0133. The van der Waals surface area contributed by atoms with E-state index >= 15 is 0 Å².